The summed E-state index contributed by atoms with van der Waals surface area (Å²) in [7, 11) is 0. The highest BCUT2D eigenvalue weighted by Gasteiger charge is 2.11. The Morgan fingerprint density at radius 3 is 2.12 bits per heavy atom. The van der Waals surface area contributed by atoms with E-state index in [1.165, 1.54) is 16.9 Å². The third-order valence-corrected chi connectivity index (χ3v) is 4.78. The molecule has 4 heteroatoms. The number of carbonyl (C=O) groups excluding carboxylic acids is 1. The van der Waals surface area contributed by atoms with E-state index in [-0.39, 0.29) is 5.91 Å². The van der Waals surface area contributed by atoms with Crippen molar-refractivity contribution in [1.29, 1.82) is 0 Å². The van der Waals surface area contributed by atoms with Crippen molar-refractivity contribution >= 4 is 23.5 Å². The summed E-state index contributed by atoms with van der Waals surface area (Å²) in [6, 6.07) is 16.3. The average molecular weight is 343 g/mol. The predicted octanol–water partition coefficient (Wildman–Crippen LogP) is 5.24. The maximum Gasteiger partial charge on any atom is 0.253 e. The second kappa shape index (κ2) is 9.38. The summed E-state index contributed by atoms with van der Waals surface area (Å²) < 4.78 is 3.33. The standard InChI is InChI=1S/C20H26N2OS/c1-4-7-16-8-14-19(15-9-16)24-21-18-12-10-17(11-13-18)20(23)22(5-2)6-3/h8-15,21H,4-7H2,1-3H3. The minimum atomic E-state index is 0.0886. The van der Waals surface area contributed by atoms with Crippen LogP contribution in [0.1, 0.15) is 43.1 Å². The summed E-state index contributed by atoms with van der Waals surface area (Å²) in [5.74, 6) is 0.0886. The number of aryl methyl sites for hydroxylation is 1. The first-order valence-electron chi connectivity index (χ1n) is 8.59. The number of nitrogens with one attached hydrogen (secondary N) is 1. The third kappa shape index (κ3) is 5.03. The van der Waals surface area contributed by atoms with E-state index in [0.29, 0.717) is 0 Å². The Bertz CT molecular complexity index is 634. The number of amides is 1. The van der Waals surface area contributed by atoms with E-state index in [1.54, 1.807) is 11.9 Å². The van der Waals surface area contributed by atoms with E-state index in [4.69, 9.17) is 0 Å². The van der Waals surface area contributed by atoms with E-state index in [1.807, 2.05) is 43.0 Å². The first-order chi connectivity index (χ1) is 11.7. The zero-order valence-electron chi connectivity index (χ0n) is 14.7. The van der Waals surface area contributed by atoms with E-state index in [2.05, 4.69) is 35.9 Å². The molecule has 1 N–H and O–H groups in total. The third-order valence-electron chi connectivity index (χ3n) is 3.93. The molecule has 1 amide bonds. The van der Waals surface area contributed by atoms with Gasteiger partial charge in [-0.1, -0.05) is 25.5 Å². The van der Waals surface area contributed by atoms with Gasteiger partial charge in [-0.05, 0) is 74.2 Å². The first kappa shape index (κ1) is 18.4. The predicted molar refractivity (Wildman–Crippen MR) is 104 cm³/mol. The Morgan fingerprint density at radius 2 is 1.58 bits per heavy atom. The van der Waals surface area contributed by atoms with Gasteiger partial charge in [-0.3, -0.25) is 4.79 Å². The molecule has 0 unspecified atom stereocenters. The number of anilines is 1. The normalized spacial score (nSPS) is 10.5. The molecule has 0 saturated carbocycles. The van der Waals surface area contributed by atoms with Gasteiger partial charge in [0.25, 0.3) is 5.91 Å². The van der Waals surface area contributed by atoms with Gasteiger partial charge in [0.2, 0.25) is 0 Å². The summed E-state index contributed by atoms with van der Waals surface area (Å²) in [6.07, 6.45) is 2.30. The topological polar surface area (TPSA) is 32.3 Å². The molecule has 0 aliphatic heterocycles. The molecule has 0 fully saturated rings. The van der Waals surface area contributed by atoms with Gasteiger partial charge in [-0.25, -0.2) is 0 Å². The lowest BCUT2D eigenvalue weighted by Gasteiger charge is -2.18. The molecule has 0 bridgehead atoms. The van der Waals surface area contributed by atoms with Crippen LogP contribution in [0.3, 0.4) is 0 Å². The minimum Gasteiger partial charge on any atom is -0.339 e. The summed E-state index contributed by atoms with van der Waals surface area (Å²) in [4.78, 5) is 15.3. The number of nitrogens with zero attached hydrogens (tertiary/aromatic N) is 1. The van der Waals surface area contributed by atoms with Crippen LogP contribution in [0.2, 0.25) is 0 Å². The van der Waals surface area contributed by atoms with E-state index < -0.39 is 0 Å². The van der Waals surface area contributed by atoms with Gasteiger partial charge in [0, 0.05) is 29.2 Å². The molecule has 24 heavy (non-hydrogen) atoms. The van der Waals surface area contributed by atoms with Gasteiger partial charge in [0.05, 0.1) is 0 Å². The number of carbonyl (C=O) groups is 1. The smallest absolute Gasteiger partial charge is 0.253 e. The number of hydrogen-bond donors (Lipinski definition) is 1. The van der Waals surface area contributed by atoms with Gasteiger partial charge in [0.15, 0.2) is 0 Å². The van der Waals surface area contributed by atoms with Crippen LogP contribution >= 0.6 is 11.9 Å². The van der Waals surface area contributed by atoms with Crippen molar-refractivity contribution in [3.63, 3.8) is 0 Å². The molecule has 2 aromatic carbocycles. The lowest BCUT2D eigenvalue weighted by atomic mass is 10.1. The zero-order chi connectivity index (χ0) is 17.4. The summed E-state index contributed by atoms with van der Waals surface area (Å²) in [5.41, 5.74) is 3.10. The van der Waals surface area contributed by atoms with Crippen LogP contribution in [-0.2, 0) is 6.42 Å². The molecular weight excluding hydrogens is 316 g/mol. The Kier molecular flexibility index (Phi) is 7.19. The Morgan fingerprint density at radius 1 is 0.958 bits per heavy atom. The van der Waals surface area contributed by atoms with Gasteiger partial charge in [-0.2, -0.15) is 0 Å². The van der Waals surface area contributed by atoms with E-state index >= 15 is 0 Å². The molecule has 0 aliphatic rings. The van der Waals surface area contributed by atoms with Crippen LogP contribution in [0.5, 0.6) is 0 Å². The molecule has 0 spiro atoms. The quantitative estimate of drug-likeness (QED) is 0.666. The van der Waals surface area contributed by atoms with Crippen LogP contribution in [0.25, 0.3) is 0 Å². The van der Waals surface area contributed by atoms with Crippen LogP contribution in [-0.4, -0.2) is 23.9 Å². The average Bonchev–Trinajstić information content (AvgIpc) is 2.63. The monoisotopic (exact) mass is 342 g/mol. The number of benzene rings is 2. The summed E-state index contributed by atoms with van der Waals surface area (Å²) in [6.45, 7) is 7.66. The minimum absolute atomic E-state index is 0.0886. The van der Waals surface area contributed by atoms with Crippen LogP contribution in [0.15, 0.2) is 53.4 Å². The van der Waals surface area contributed by atoms with Crippen molar-refractivity contribution in [2.45, 2.75) is 38.5 Å². The Labute approximate surface area is 149 Å². The molecular formula is C20H26N2OS. The molecule has 0 heterocycles. The van der Waals surface area contributed by atoms with Gasteiger partial charge < -0.3 is 9.62 Å². The molecule has 0 atom stereocenters. The summed E-state index contributed by atoms with van der Waals surface area (Å²) in [5, 5.41) is 0. The molecule has 0 radical (unpaired) electrons. The highest BCUT2D eigenvalue weighted by atomic mass is 32.2. The lowest BCUT2D eigenvalue weighted by molar-refractivity contribution is 0.0773. The highest BCUT2D eigenvalue weighted by Crippen LogP contribution is 2.22. The zero-order valence-corrected chi connectivity index (χ0v) is 15.5. The maximum absolute atomic E-state index is 12.3. The lowest BCUT2D eigenvalue weighted by Crippen LogP contribution is -2.30. The fraction of sp³-hybridized carbons (Fsp3) is 0.350. The van der Waals surface area contributed by atoms with Gasteiger partial charge in [0.1, 0.15) is 0 Å². The van der Waals surface area contributed by atoms with Gasteiger partial charge >= 0.3 is 0 Å². The molecule has 0 saturated heterocycles. The van der Waals surface area contributed by atoms with E-state index in [9.17, 15) is 4.79 Å². The molecule has 128 valence electrons. The number of hydrogen-bond acceptors (Lipinski definition) is 3. The Balaban J connectivity index is 1.93. The second-order valence-corrected chi connectivity index (χ2v) is 6.53. The first-order valence-corrected chi connectivity index (χ1v) is 9.40. The molecule has 3 nitrogen and oxygen atoms in total. The fourth-order valence-electron chi connectivity index (χ4n) is 2.50. The van der Waals surface area contributed by atoms with Crippen molar-refractivity contribution in [3.05, 3.63) is 59.7 Å². The fourth-order valence-corrected chi connectivity index (χ4v) is 3.15. The molecule has 2 rings (SSSR count). The number of rotatable bonds is 8. The van der Waals surface area contributed by atoms with E-state index in [0.717, 1.165) is 30.8 Å². The highest BCUT2D eigenvalue weighted by molar-refractivity contribution is 8.00. The Hall–Kier alpha value is -1.94. The second-order valence-electron chi connectivity index (χ2n) is 5.65. The summed E-state index contributed by atoms with van der Waals surface area (Å²) >= 11 is 1.58. The van der Waals surface area contributed by atoms with Crippen molar-refractivity contribution < 1.29 is 4.79 Å². The van der Waals surface area contributed by atoms with Crippen LogP contribution < -0.4 is 4.72 Å². The van der Waals surface area contributed by atoms with Crippen molar-refractivity contribution in [2.24, 2.45) is 0 Å². The van der Waals surface area contributed by atoms with Crippen molar-refractivity contribution in [3.8, 4) is 0 Å². The maximum atomic E-state index is 12.3. The van der Waals surface area contributed by atoms with Crippen LogP contribution in [0, 0.1) is 0 Å². The van der Waals surface area contributed by atoms with Gasteiger partial charge in [-0.15, -0.1) is 0 Å². The van der Waals surface area contributed by atoms with Crippen LogP contribution in [0.4, 0.5) is 5.69 Å². The SMILES string of the molecule is CCCc1ccc(SNc2ccc(C(=O)N(CC)CC)cc2)cc1. The van der Waals surface area contributed by atoms with Crippen molar-refractivity contribution in [1.82, 2.24) is 4.90 Å². The largest absolute Gasteiger partial charge is 0.339 e. The van der Waals surface area contributed by atoms with Crippen molar-refractivity contribution in [2.75, 3.05) is 17.8 Å². The molecule has 2 aromatic rings. The molecule has 0 aliphatic carbocycles. The molecule has 0 aromatic heterocycles.